The van der Waals surface area contributed by atoms with Crippen LogP contribution in [-0.2, 0) is 13.1 Å². The van der Waals surface area contributed by atoms with Crippen LogP contribution in [0.5, 0.6) is 0 Å². The van der Waals surface area contributed by atoms with Crippen molar-refractivity contribution in [2.75, 3.05) is 27.2 Å². The molecular formula is C21H32N4O2. The van der Waals surface area contributed by atoms with Crippen LogP contribution in [0.2, 0.25) is 0 Å². The topological polar surface area (TPSA) is 61.6 Å². The molecule has 0 aliphatic rings. The molecule has 2 rings (SSSR count). The molecular weight excluding hydrogens is 340 g/mol. The second-order valence-corrected chi connectivity index (χ2v) is 7.61. The molecule has 1 amide bonds. The number of amides is 1. The number of aryl methyl sites for hydroxylation is 2. The minimum absolute atomic E-state index is 0.197. The van der Waals surface area contributed by atoms with Crippen LogP contribution in [0.3, 0.4) is 0 Å². The first kappa shape index (κ1) is 21.1. The van der Waals surface area contributed by atoms with Gasteiger partial charge in [-0.1, -0.05) is 23.8 Å². The van der Waals surface area contributed by atoms with Gasteiger partial charge in [0.2, 0.25) is 5.89 Å². The third-order valence-corrected chi connectivity index (χ3v) is 4.58. The monoisotopic (exact) mass is 372 g/mol. The lowest BCUT2D eigenvalue weighted by molar-refractivity contribution is 0.0946. The highest BCUT2D eigenvalue weighted by atomic mass is 16.3. The lowest BCUT2D eigenvalue weighted by Crippen LogP contribution is -2.32. The minimum atomic E-state index is -0.197. The molecule has 1 N–H and O–H groups in total. The fraction of sp³-hybridized carbons (Fsp3) is 0.524. The summed E-state index contributed by atoms with van der Waals surface area (Å²) in [5, 5.41) is 2.86. The normalized spacial score (nSPS) is 11.6. The van der Waals surface area contributed by atoms with E-state index in [1.165, 1.54) is 23.0 Å². The van der Waals surface area contributed by atoms with E-state index in [1.54, 1.807) is 0 Å². The summed E-state index contributed by atoms with van der Waals surface area (Å²) < 4.78 is 5.56. The van der Waals surface area contributed by atoms with Crippen molar-refractivity contribution < 1.29 is 9.21 Å². The van der Waals surface area contributed by atoms with Gasteiger partial charge >= 0.3 is 0 Å². The maximum Gasteiger partial charge on any atom is 0.273 e. The lowest BCUT2D eigenvalue weighted by atomic mass is 10.0. The van der Waals surface area contributed by atoms with Gasteiger partial charge in [0, 0.05) is 25.7 Å². The molecule has 6 heteroatoms. The highest BCUT2D eigenvalue weighted by Gasteiger charge is 2.17. The predicted molar refractivity (Wildman–Crippen MR) is 108 cm³/mol. The number of hydrogen-bond donors (Lipinski definition) is 1. The first-order chi connectivity index (χ1) is 12.8. The maximum atomic E-state index is 12.2. The van der Waals surface area contributed by atoms with Crippen molar-refractivity contribution in [1.82, 2.24) is 20.1 Å². The smallest absolute Gasteiger partial charge is 0.273 e. The Labute approximate surface area is 162 Å². The molecule has 1 aromatic carbocycles. The number of hydrogen-bond acceptors (Lipinski definition) is 5. The molecule has 0 bridgehead atoms. The van der Waals surface area contributed by atoms with Crippen molar-refractivity contribution in [3.63, 3.8) is 0 Å². The molecule has 148 valence electrons. The highest BCUT2D eigenvalue weighted by molar-refractivity contribution is 5.91. The summed E-state index contributed by atoms with van der Waals surface area (Å²) in [4.78, 5) is 20.9. The van der Waals surface area contributed by atoms with E-state index in [4.69, 9.17) is 4.42 Å². The number of nitrogens with zero attached hydrogens (tertiary/aromatic N) is 3. The molecule has 0 fully saturated rings. The summed E-state index contributed by atoms with van der Waals surface area (Å²) in [7, 11) is 3.94. The lowest BCUT2D eigenvalue weighted by Gasteiger charge is -2.26. The molecule has 1 heterocycles. The second kappa shape index (κ2) is 9.67. The Bertz CT molecular complexity index is 752. The van der Waals surface area contributed by atoms with Gasteiger partial charge in [-0.2, -0.15) is 0 Å². The Morgan fingerprint density at radius 2 is 1.96 bits per heavy atom. The minimum Gasteiger partial charge on any atom is -0.447 e. The fourth-order valence-corrected chi connectivity index (χ4v) is 2.76. The summed E-state index contributed by atoms with van der Waals surface area (Å²) in [6, 6.07) is 6.84. The average molecular weight is 373 g/mol. The zero-order chi connectivity index (χ0) is 20.0. The molecule has 1 aromatic heterocycles. The Hall–Kier alpha value is -2.18. The largest absolute Gasteiger partial charge is 0.447 e. The molecule has 0 saturated carbocycles. The summed E-state index contributed by atoms with van der Waals surface area (Å²) in [5.74, 6) is 0.365. The summed E-state index contributed by atoms with van der Waals surface area (Å²) in [6.07, 6.45) is 1.44. The first-order valence-electron chi connectivity index (χ1n) is 9.43. The van der Waals surface area contributed by atoms with E-state index in [-0.39, 0.29) is 5.91 Å². The van der Waals surface area contributed by atoms with Gasteiger partial charge in [-0.05, 0) is 52.9 Å². The number of carbonyl (C=O) groups excluding carboxylic acids is 1. The van der Waals surface area contributed by atoms with Crippen LogP contribution in [0.25, 0.3) is 0 Å². The van der Waals surface area contributed by atoms with Crippen LogP contribution in [-0.4, -0.2) is 53.9 Å². The van der Waals surface area contributed by atoms with E-state index in [0.29, 0.717) is 30.7 Å². The van der Waals surface area contributed by atoms with Crippen LogP contribution in [0.1, 0.15) is 46.9 Å². The molecule has 0 unspecified atom stereocenters. The molecule has 0 saturated heterocycles. The van der Waals surface area contributed by atoms with Crippen molar-refractivity contribution in [3.8, 4) is 0 Å². The van der Waals surface area contributed by atoms with E-state index in [2.05, 4.69) is 61.1 Å². The number of nitrogens with one attached hydrogen (secondary N) is 1. The molecule has 0 spiro atoms. The van der Waals surface area contributed by atoms with Gasteiger partial charge in [-0.15, -0.1) is 0 Å². The van der Waals surface area contributed by atoms with Crippen molar-refractivity contribution in [2.45, 2.75) is 46.8 Å². The molecule has 0 atom stereocenters. The number of benzene rings is 1. The number of oxazole rings is 1. The third-order valence-electron chi connectivity index (χ3n) is 4.58. The Kier molecular flexibility index (Phi) is 7.56. The summed E-state index contributed by atoms with van der Waals surface area (Å²) in [6.45, 7) is 11.3. The van der Waals surface area contributed by atoms with E-state index < -0.39 is 0 Å². The molecule has 0 aliphatic carbocycles. The quantitative estimate of drug-likeness (QED) is 0.733. The first-order valence-corrected chi connectivity index (χ1v) is 9.43. The fourth-order valence-electron chi connectivity index (χ4n) is 2.76. The van der Waals surface area contributed by atoms with Crippen LogP contribution >= 0.6 is 0 Å². The molecule has 27 heavy (non-hydrogen) atoms. The van der Waals surface area contributed by atoms with Crippen LogP contribution < -0.4 is 5.32 Å². The van der Waals surface area contributed by atoms with Gasteiger partial charge in [-0.3, -0.25) is 9.69 Å². The zero-order valence-electron chi connectivity index (χ0n) is 17.4. The maximum absolute atomic E-state index is 12.2. The second-order valence-electron chi connectivity index (χ2n) is 7.61. The highest BCUT2D eigenvalue weighted by Crippen LogP contribution is 2.17. The third kappa shape index (κ3) is 6.48. The number of aromatic nitrogens is 1. The van der Waals surface area contributed by atoms with E-state index >= 15 is 0 Å². The van der Waals surface area contributed by atoms with E-state index in [1.807, 2.05) is 19.0 Å². The van der Waals surface area contributed by atoms with Crippen molar-refractivity contribution in [2.24, 2.45) is 0 Å². The average Bonchev–Trinajstić information content (AvgIpc) is 3.05. The van der Waals surface area contributed by atoms with Gasteiger partial charge < -0.3 is 14.6 Å². The van der Waals surface area contributed by atoms with Crippen molar-refractivity contribution in [3.05, 3.63) is 52.7 Å². The number of rotatable bonds is 9. The molecule has 0 radical (unpaired) electrons. The summed E-state index contributed by atoms with van der Waals surface area (Å²) >= 11 is 0. The molecule has 6 nitrogen and oxygen atoms in total. The van der Waals surface area contributed by atoms with Crippen LogP contribution in [0, 0.1) is 13.8 Å². The standard InChI is InChI=1S/C21H32N4O2/c1-15(2)25(12-18-11-16(3)7-8-17(18)4)13-20-23-19(14-27-20)21(26)22-9-10-24(5)6/h7-8,11,14-15H,9-10,12-13H2,1-6H3,(H,22,26). The van der Waals surface area contributed by atoms with E-state index in [9.17, 15) is 4.79 Å². The van der Waals surface area contributed by atoms with Crippen LogP contribution in [0.4, 0.5) is 0 Å². The van der Waals surface area contributed by atoms with Gasteiger partial charge in [0.05, 0.1) is 6.54 Å². The SMILES string of the molecule is Cc1ccc(C)c(CN(Cc2nc(C(=O)NCCN(C)C)co2)C(C)C)c1. The van der Waals surface area contributed by atoms with Gasteiger partial charge in [0.1, 0.15) is 6.26 Å². The Balaban J connectivity index is 2.01. The molecule has 2 aromatic rings. The van der Waals surface area contributed by atoms with Gasteiger partial charge in [0.25, 0.3) is 5.91 Å². The predicted octanol–water partition coefficient (Wildman–Crippen LogP) is 2.99. The number of likely N-dealkylation sites (N-methyl/N-ethyl adjacent to an activating group) is 1. The number of carbonyl (C=O) groups is 1. The van der Waals surface area contributed by atoms with Crippen LogP contribution in [0.15, 0.2) is 28.9 Å². The zero-order valence-corrected chi connectivity index (χ0v) is 17.4. The summed E-state index contributed by atoms with van der Waals surface area (Å²) in [5.41, 5.74) is 4.17. The van der Waals surface area contributed by atoms with Gasteiger partial charge in [0.15, 0.2) is 5.69 Å². The van der Waals surface area contributed by atoms with E-state index in [0.717, 1.165) is 13.1 Å². The van der Waals surface area contributed by atoms with Gasteiger partial charge in [-0.25, -0.2) is 4.98 Å². The Morgan fingerprint density at radius 1 is 1.22 bits per heavy atom. The Morgan fingerprint density at radius 3 is 2.63 bits per heavy atom. The van der Waals surface area contributed by atoms with Crippen molar-refractivity contribution >= 4 is 5.91 Å². The van der Waals surface area contributed by atoms with Crippen molar-refractivity contribution in [1.29, 1.82) is 0 Å². The molecule has 0 aliphatic heterocycles.